The lowest BCUT2D eigenvalue weighted by Gasteiger charge is -2.52. The Bertz CT molecular complexity index is 443. The van der Waals surface area contributed by atoms with Crippen LogP contribution in [0.15, 0.2) is 4.99 Å². The molecule has 2 aliphatic rings. The van der Waals surface area contributed by atoms with Gasteiger partial charge in [0, 0.05) is 50.3 Å². The highest BCUT2D eigenvalue weighted by atomic mass is 127. The Hall–Kier alpha value is -0.120. The van der Waals surface area contributed by atoms with Gasteiger partial charge >= 0.3 is 0 Å². The van der Waals surface area contributed by atoms with E-state index in [1.807, 2.05) is 0 Å². The van der Waals surface area contributed by atoms with E-state index in [1.165, 1.54) is 6.42 Å². The fourth-order valence-electron chi connectivity index (χ4n) is 3.59. The first-order valence-electron chi connectivity index (χ1n) is 10.9. The van der Waals surface area contributed by atoms with E-state index in [-0.39, 0.29) is 29.4 Å². The molecule has 0 radical (unpaired) electrons. The first-order valence-corrected chi connectivity index (χ1v) is 10.9. The first-order chi connectivity index (χ1) is 13.1. The van der Waals surface area contributed by atoms with E-state index in [0.29, 0.717) is 18.1 Å². The smallest absolute Gasteiger partial charge is 0.191 e. The first kappa shape index (κ1) is 25.9. The summed E-state index contributed by atoms with van der Waals surface area (Å²) < 4.78 is 17.2. The predicted molar refractivity (Wildman–Crippen MR) is 126 cm³/mol. The van der Waals surface area contributed by atoms with E-state index in [9.17, 15) is 0 Å². The molecule has 7 heteroatoms. The summed E-state index contributed by atoms with van der Waals surface area (Å²) >= 11 is 0. The van der Waals surface area contributed by atoms with Gasteiger partial charge in [-0.25, -0.2) is 0 Å². The molecule has 3 unspecified atom stereocenters. The summed E-state index contributed by atoms with van der Waals surface area (Å²) in [6.07, 6.45) is 5.80. The Morgan fingerprint density at radius 1 is 1.21 bits per heavy atom. The van der Waals surface area contributed by atoms with Gasteiger partial charge in [-0.15, -0.1) is 24.0 Å². The topological polar surface area (TPSA) is 64.1 Å². The molecule has 6 nitrogen and oxygen atoms in total. The molecular formula is C21H42IN3O3. The second kappa shape index (κ2) is 14.0. The number of nitrogens with one attached hydrogen (secondary N) is 2. The fourth-order valence-corrected chi connectivity index (χ4v) is 3.59. The average molecular weight is 511 g/mol. The molecule has 0 amide bonds. The number of ether oxygens (including phenoxy) is 3. The molecule has 3 atom stereocenters. The third-order valence-corrected chi connectivity index (χ3v) is 5.74. The van der Waals surface area contributed by atoms with Crippen LogP contribution in [0.5, 0.6) is 0 Å². The van der Waals surface area contributed by atoms with Crippen LogP contribution < -0.4 is 10.6 Å². The molecule has 0 aromatic rings. The van der Waals surface area contributed by atoms with Gasteiger partial charge in [0.05, 0.1) is 19.3 Å². The molecule has 1 aliphatic heterocycles. The lowest BCUT2D eigenvalue weighted by molar-refractivity contribution is -0.113. The van der Waals surface area contributed by atoms with Crippen LogP contribution in [0.25, 0.3) is 0 Å². The number of rotatable bonds is 12. The monoisotopic (exact) mass is 511 g/mol. The minimum atomic E-state index is 0. The predicted octanol–water partition coefficient (Wildman–Crippen LogP) is 3.59. The molecule has 2 fully saturated rings. The molecular weight excluding hydrogens is 469 g/mol. The van der Waals surface area contributed by atoms with Gasteiger partial charge in [-0.3, -0.25) is 4.99 Å². The Kier molecular flexibility index (Phi) is 12.9. The normalized spacial score (nSPS) is 26.4. The summed E-state index contributed by atoms with van der Waals surface area (Å²) in [6.45, 7) is 14.7. The maximum absolute atomic E-state index is 6.05. The molecule has 0 bridgehead atoms. The van der Waals surface area contributed by atoms with Crippen molar-refractivity contribution < 1.29 is 14.2 Å². The van der Waals surface area contributed by atoms with E-state index < -0.39 is 0 Å². The van der Waals surface area contributed by atoms with Crippen molar-refractivity contribution in [2.45, 2.75) is 71.9 Å². The SMILES string of the molecule is CCCCOC1CC(NC(=NCCCOCC2CCOC2)NCC)C1(C)C.I. The standard InChI is InChI=1S/C21H41N3O3.HI/c1-5-7-12-27-19-14-18(21(19,3)4)24-20(22-6-2)23-10-8-11-25-15-17-9-13-26-16-17;/h17-19H,5-16H2,1-4H3,(H2,22,23,24);1H. The molecule has 28 heavy (non-hydrogen) atoms. The molecule has 1 saturated carbocycles. The van der Waals surface area contributed by atoms with Crippen molar-refractivity contribution in [2.75, 3.05) is 46.1 Å². The molecule has 1 heterocycles. The number of nitrogens with zero attached hydrogens (tertiary/aromatic N) is 1. The highest BCUT2D eigenvalue weighted by Crippen LogP contribution is 2.42. The summed E-state index contributed by atoms with van der Waals surface area (Å²) in [7, 11) is 0. The zero-order valence-corrected chi connectivity index (χ0v) is 20.6. The summed E-state index contributed by atoms with van der Waals surface area (Å²) in [6, 6.07) is 0.403. The summed E-state index contributed by atoms with van der Waals surface area (Å²) in [5.74, 6) is 1.49. The third kappa shape index (κ3) is 8.32. The van der Waals surface area contributed by atoms with Gasteiger partial charge in [0.15, 0.2) is 5.96 Å². The number of hydrogen-bond acceptors (Lipinski definition) is 4. The van der Waals surface area contributed by atoms with Gasteiger partial charge in [0.2, 0.25) is 0 Å². The molecule has 0 aromatic carbocycles. The highest BCUT2D eigenvalue weighted by molar-refractivity contribution is 14.0. The molecule has 0 spiro atoms. The van der Waals surface area contributed by atoms with Gasteiger partial charge in [0.1, 0.15) is 0 Å². The van der Waals surface area contributed by atoms with Gasteiger partial charge < -0.3 is 24.8 Å². The van der Waals surface area contributed by atoms with Crippen LogP contribution in [0.1, 0.15) is 59.8 Å². The minimum Gasteiger partial charge on any atom is -0.381 e. The van der Waals surface area contributed by atoms with Crippen LogP contribution >= 0.6 is 24.0 Å². The van der Waals surface area contributed by atoms with E-state index in [4.69, 9.17) is 19.2 Å². The molecule has 1 aliphatic carbocycles. The lowest BCUT2D eigenvalue weighted by Crippen LogP contribution is -2.63. The van der Waals surface area contributed by atoms with Gasteiger partial charge in [0.25, 0.3) is 0 Å². The van der Waals surface area contributed by atoms with Crippen molar-refractivity contribution in [1.29, 1.82) is 0 Å². The molecule has 2 rings (SSSR count). The number of guanidine groups is 1. The maximum atomic E-state index is 6.05. The van der Waals surface area contributed by atoms with Crippen molar-refractivity contribution in [3.8, 4) is 0 Å². The van der Waals surface area contributed by atoms with Gasteiger partial charge in [-0.1, -0.05) is 27.2 Å². The van der Waals surface area contributed by atoms with Crippen LogP contribution in [0.2, 0.25) is 0 Å². The van der Waals surface area contributed by atoms with Crippen molar-refractivity contribution in [3.05, 3.63) is 0 Å². The maximum Gasteiger partial charge on any atom is 0.191 e. The molecule has 0 aromatic heterocycles. The van der Waals surface area contributed by atoms with Gasteiger partial charge in [-0.2, -0.15) is 0 Å². The molecule has 166 valence electrons. The average Bonchev–Trinajstić information content (AvgIpc) is 3.16. The summed E-state index contributed by atoms with van der Waals surface area (Å²) in [4.78, 5) is 4.72. The highest BCUT2D eigenvalue weighted by Gasteiger charge is 2.49. The van der Waals surface area contributed by atoms with E-state index in [1.54, 1.807) is 0 Å². The number of unbranched alkanes of at least 4 members (excludes halogenated alkanes) is 1. The van der Waals surface area contributed by atoms with E-state index in [0.717, 1.165) is 77.8 Å². The minimum absolute atomic E-state index is 0. The number of halogens is 1. The quantitative estimate of drug-likeness (QED) is 0.182. The number of aliphatic imine (C=N–C) groups is 1. The zero-order valence-electron chi connectivity index (χ0n) is 18.3. The van der Waals surface area contributed by atoms with Crippen molar-refractivity contribution in [1.82, 2.24) is 10.6 Å². The Labute approximate surface area is 189 Å². The van der Waals surface area contributed by atoms with Crippen LogP contribution in [-0.4, -0.2) is 64.2 Å². The van der Waals surface area contributed by atoms with E-state index in [2.05, 4.69) is 38.3 Å². The second-order valence-electron chi connectivity index (χ2n) is 8.39. The lowest BCUT2D eigenvalue weighted by atomic mass is 9.64. The van der Waals surface area contributed by atoms with Gasteiger partial charge in [-0.05, 0) is 32.6 Å². The van der Waals surface area contributed by atoms with Crippen molar-refractivity contribution >= 4 is 29.9 Å². The van der Waals surface area contributed by atoms with Crippen molar-refractivity contribution in [3.63, 3.8) is 0 Å². The summed E-state index contributed by atoms with van der Waals surface area (Å²) in [5.41, 5.74) is 0.135. The summed E-state index contributed by atoms with van der Waals surface area (Å²) in [5, 5.41) is 6.97. The van der Waals surface area contributed by atoms with Crippen LogP contribution in [0.3, 0.4) is 0 Å². The Morgan fingerprint density at radius 3 is 2.68 bits per heavy atom. The fraction of sp³-hybridized carbons (Fsp3) is 0.952. The van der Waals surface area contributed by atoms with Crippen LogP contribution in [-0.2, 0) is 14.2 Å². The Morgan fingerprint density at radius 2 is 2.04 bits per heavy atom. The van der Waals surface area contributed by atoms with Crippen LogP contribution in [0, 0.1) is 11.3 Å². The molecule has 1 saturated heterocycles. The number of hydrogen-bond donors (Lipinski definition) is 2. The van der Waals surface area contributed by atoms with Crippen molar-refractivity contribution in [2.24, 2.45) is 16.3 Å². The largest absolute Gasteiger partial charge is 0.381 e. The van der Waals surface area contributed by atoms with E-state index >= 15 is 0 Å². The van der Waals surface area contributed by atoms with Crippen LogP contribution in [0.4, 0.5) is 0 Å². The third-order valence-electron chi connectivity index (χ3n) is 5.74. The Balaban J connectivity index is 0.00000392. The molecule has 2 N–H and O–H groups in total. The second-order valence-corrected chi connectivity index (χ2v) is 8.39. The zero-order chi connectivity index (χ0) is 19.5.